The zero-order chi connectivity index (χ0) is 16.1. The first-order valence-corrected chi connectivity index (χ1v) is 6.91. The lowest BCUT2D eigenvalue weighted by Crippen LogP contribution is -2.25. The standard InChI is InChI=1S/C13H19N7O2/c1-4-5-8-6-9(19-22-8)11(21)15-7-10-16-12(14)18-13(17-10)20(2)3/h6H,4-5,7H2,1-3H3,(H,15,21)(H2,14,16,17,18). The van der Waals surface area contributed by atoms with Gasteiger partial charge in [0.25, 0.3) is 5.91 Å². The number of rotatable bonds is 6. The molecule has 0 aliphatic heterocycles. The van der Waals surface area contributed by atoms with Gasteiger partial charge in [-0.15, -0.1) is 0 Å². The van der Waals surface area contributed by atoms with Gasteiger partial charge < -0.3 is 20.5 Å². The molecule has 0 bridgehead atoms. The van der Waals surface area contributed by atoms with Crippen LogP contribution in [0.5, 0.6) is 0 Å². The Balaban J connectivity index is 2.01. The molecule has 0 saturated heterocycles. The van der Waals surface area contributed by atoms with Gasteiger partial charge in [0.1, 0.15) is 5.76 Å². The zero-order valence-electron chi connectivity index (χ0n) is 12.8. The zero-order valence-corrected chi connectivity index (χ0v) is 12.8. The fourth-order valence-corrected chi connectivity index (χ4v) is 1.74. The van der Waals surface area contributed by atoms with Gasteiger partial charge in [0, 0.05) is 26.6 Å². The first-order chi connectivity index (χ1) is 10.5. The van der Waals surface area contributed by atoms with Gasteiger partial charge in [0.2, 0.25) is 11.9 Å². The van der Waals surface area contributed by atoms with E-state index in [1.807, 2.05) is 6.92 Å². The fourth-order valence-electron chi connectivity index (χ4n) is 1.74. The van der Waals surface area contributed by atoms with Crippen molar-refractivity contribution in [1.29, 1.82) is 0 Å². The molecule has 0 aromatic carbocycles. The van der Waals surface area contributed by atoms with E-state index in [0.29, 0.717) is 17.5 Å². The number of aromatic nitrogens is 4. The maximum absolute atomic E-state index is 12.0. The van der Waals surface area contributed by atoms with Crippen molar-refractivity contribution in [3.8, 4) is 0 Å². The van der Waals surface area contributed by atoms with Crippen LogP contribution in [0.25, 0.3) is 0 Å². The number of nitrogen functional groups attached to an aromatic ring is 1. The summed E-state index contributed by atoms with van der Waals surface area (Å²) in [5, 5.41) is 6.41. The first kappa shape index (κ1) is 15.7. The monoisotopic (exact) mass is 305 g/mol. The van der Waals surface area contributed by atoms with Gasteiger partial charge in [-0.3, -0.25) is 4.79 Å². The van der Waals surface area contributed by atoms with E-state index in [9.17, 15) is 4.79 Å². The van der Waals surface area contributed by atoms with Crippen LogP contribution in [0.1, 0.15) is 35.4 Å². The minimum atomic E-state index is -0.350. The fraction of sp³-hybridized carbons (Fsp3) is 0.462. The first-order valence-electron chi connectivity index (χ1n) is 6.91. The number of hydrogen-bond donors (Lipinski definition) is 2. The van der Waals surface area contributed by atoms with Gasteiger partial charge in [-0.2, -0.15) is 15.0 Å². The molecule has 118 valence electrons. The highest BCUT2D eigenvalue weighted by atomic mass is 16.5. The molecule has 0 saturated carbocycles. The number of nitrogens with two attached hydrogens (primary N) is 1. The van der Waals surface area contributed by atoms with Crippen molar-refractivity contribution in [2.24, 2.45) is 0 Å². The Labute approximate surface area is 127 Å². The molecule has 2 rings (SSSR count). The molecule has 9 heteroatoms. The summed E-state index contributed by atoms with van der Waals surface area (Å²) in [5.74, 6) is 1.25. The summed E-state index contributed by atoms with van der Waals surface area (Å²) in [6, 6.07) is 1.63. The van der Waals surface area contributed by atoms with E-state index in [1.54, 1.807) is 25.1 Å². The second-order valence-electron chi connectivity index (χ2n) is 4.92. The number of carbonyl (C=O) groups is 1. The number of amides is 1. The quantitative estimate of drug-likeness (QED) is 0.785. The SMILES string of the molecule is CCCc1cc(C(=O)NCc2nc(N)nc(N(C)C)n2)no1. The number of carbonyl (C=O) groups excluding carboxylic acids is 1. The summed E-state index contributed by atoms with van der Waals surface area (Å²) >= 11 is 0. The number of nitrogens with zero attached hydrogens (tertiary/aromatic N) is 5. The molecule has 0 aliphatic rings. The maximum Gasteiger partial charge on any atom is 0.273 e. The highest BCUT2D eigenvalue weighted by Gasteiger charge is 2.13. The van der Waals surface area contributed by atoms with Crippen molar-refractivity contribution >= 4 is 17.8 Å². The summed E-state index contributed by atoms with van der Waals surface area (Å²) < 4.78 is 5.07. The van der Waals surface area contributed by atoms with Gasteiger partial charge in [-0.25, -0.2) is 0 Å². The van der Waals surface area contributed by atoms with Crippen molar-refractivity contribution in [2.45, 2.75) is 26.3 Å². The predicted octanol–water partition coefficient (Wildman–Crippen LogP) is 0.390. The van der Waals surface area contributed by atoms with Crippen LogP contribution in [-0.4, -0.2) is 40.1 Å². The summed E-state index contributed by atoms with van der Waals surface area (Å²) in [4.78, 5) is 25.9. The molecule has 0 aliphatic carbocycles. The van der Waals surface area contributed by atoms with E-state index in [-0.39, 0.29) is 24.1 Å². The molecule has 2 aromatic heterocycles. The number of aryl methyl sites for hydroxylation is 1. The molecule has 22 heavy (non-hydrogen) atoms. The molecular weight excluding hydrogens is 286 g/mol. The lowest BCUT2D eigenvalue weighted by atomic mass is 10.2. The van der Waals surface area contributed by atoms with Gasteiger partial charge >= 0.3 is 0 Å². The van der Waals surface area contributed by atoms with E-state index in [0.717, 1.165) is 12.8 Å². The predicted molar refractivity (Wildman–Crippen MR) is 80.2 cm³/mol. The van der Waals surface area contributed by atoms with Crippen molar-refractivity contribution in [1.82, 2.24) is 25.4 Å². The highest BCUT2D eigenvalue weighted by molar-refractivity contribution is 5.92. The van der Waals surface area contributed by atoms with Crippen molar-refractivity contribution in [3.63, 3.8) is 0 Å². The van der Waals surface area contributed by atoms with E-state index in [1.165, 1.54) is 0 Å². The normalized spacial score (nSPS) is 10.5. The number of anilines is 2. The second kappa shape index (κ2) is 6.83. The maximum atomic E-state index is 12.0. The Bertz CT molecular complexity index is 654. The van der Waals surface area contributed by atoms with E-state index < -0.39 is 0 Å². The van der Waals surface area contributed by atoms with Crippen LogP contribution in [0.3, 0.4) is 0 Å². The third-order valence-electron chi connectivity index (χ3n) is 2.78. The van der Waals surface area contributed by atoms with Crippen LogP contribution in [0.2, 0.25) is 0 Å². The molecule has 0 fully saturated rings. The average Bonchev–Trinajstić information content (AvgIpc) is 2.93. The third kappa shape index (κ3) is 3.90. The molecule has 3 N–H and O–H groups in total. The van der Waals surface area contributed by atoms with Crippen LogP contribution in [0.15, 0.2) is 10.6 Å². The van der Waals surface area contributed by atoms with Gasteiger partial charge in [-0.1, -0.05) is 12.1 Å². The van der Waals surface area contributed by atoms with Crippen LogP contribution < -0.4 is 16.0 Å². The van der Waals surface area contributed by atoms with E-state index in [4.69, 9.17) is 10.3 Å². The lowest BCUT2D eigenvalue weighted by molar-refractivity contribution is 0.0940. The smallest absolute Gasteiger partial charge is 0.273 e. The third-order valence-corrected chi connectivity index (χ3v) is 2.78. The molecule has 0 atom stereocenters. The Morgan fingerprint density at radius 1 is 1.36 bits per heavy atom. The van der Waals surface area contributed by atoms with Gasteiger partial charge in [-0.05, 0) is 6.42 Å². The van der Waals surface area contributed by atoms with Crippen molar-refractivity contribution < 1.29 is 9.32 Å². The summed E-state index contributed by atoms with van der Waals surface area (Å²) in [7, 11) is 3.59. The van der Waals surface area contributed by atoms with Crippen LogP contribution >= 0.6 is 0 Å². The average molecular weight is 305 g/mol. The van der Waals surface area contributed by atoms with Crippen LogP contribution in [0, 0.1) is 0 Å². The second-order valence-corrected chi connectivity index (χ2v) is 4.92. The number of hydrogen-bond acceptors (Lipinski definition) is 8. The minimum Gasteiger partial charge on any atom is -0.368 e. The summed E-state index contributed by atoms with van der Waals surface area (Å²) in [5.41, 5.74) is 5.86. The van der Waals surface area contributed by atoms with Gasteiger partial charge in [0.05, 0.1) is 6.54 Å². The Morgan fingerprint density at radius 3 is 2.82 bits per heavy atom. The Morgan fingerprint density at radius 2 is 2.14 bits per heavy atom. The largest absolute Gasteiger partial charge is 0.368 e. The molecule has 0 unspecified atom stereocenters. The molecule has 0 radical (unpaired) electrons. The molecule has 9 nitrogen and oxygen atoms in total. The van der Waals surface area contributed by atoms with Crippen molar-refractivity contribution in [2.75, 3.05) is 24.7 Å². The molecule has 2 heterocycles. The highest BCUT2D eigenvalue weighted by Crippen LogP contribution is 2.07. The number of nitrogens with one attached hydrogen (secondary N) is 1. The minimum absolute atomic E-state index is 0.106. The van der Waals surface area contributed by atoms with Crippen molar-refractivity contribution in [3.05, 3.63) is 23.3 Å². The van der Waals surface area contributed by atoms with Gasteiger partial charge in [0.15, 0.2) is 11.5 Å². The topological polar surface area (TPSA) is 123 Å². The van der Waals surface area contributed by atoms with Crippen LogP contribution in [0.4, 0.5) is 11.9 Å². The van der Waals surface area contributed by atoms with E-state index >= 15 is 0 Å². The van der Waals surface area contributed by atoms with E-state index in [2.05, 4.69) is 25.4 Å². The molecule has 2 aromatic rings. The van der Waals surface area contributed by atoms with Crippen LogP contribution in [-0.2, 0) is 13.0 Å². The lowest BCUT2D eigenvalue weighted by Gasteiger charge is -2.11. The molecule has 0 spiro atoms. The molecular formula is C13H19N7O2. The molecule has 1 amide bonds. The summed E-state index contributed by atoms with van der Waals surface area (Å²) in [6.45, 7) is 2.15. The Kier molecular flexibility index (Phi) is 4.87. The summed E-state index contributed by atoms with van der Waals surface area (Å²) in [6.07, 6.45) is 1.67. The Hall–Kier alpha value is -2.71.